The van der Waals surface area contributed by atoms with E-state index in [4.69, 9.17) is 4.74 Å². The van der Waals surface area contributed by atoms with Crippen LogP contribution >= 0.6 is 0 Å². The summed E-state index contributed by atoms with van der Waals surface area (Å²) >= 11 is 0. The molecule has 0 radical (unpaired) electrons. The van der Waals surface area contributed by atoms with Crippen molar-refractivity contribution in [1.29, 1.82) is 0 Å². The Morgan fingerprint density at radius 2 is 1.62 bits per heavy atom. The zero-order chi connectivity index (χ0) is 24.6. The van der Waals surface area contributed by atoms with Gasteiger partial charge in [-0.2, -0.15) is 0 Å². The van der Waals surface area contributed by atoms with Crippen LogP contribution in [0.5, 0.6) is 0 Å². The highest BCUT2D eigenvalue weighted by atomic mass is 16.6. The Balaban J connectivity index is 1.54. The standard InChI is InChI=1S/C32H50O2/c1-18-10-12-30-16-24(18)28(6,7)26(30)23(14-20(30)3)32(34-22(5)33)15-21(4)31-13-11-19(2)25(17-31)29(8,9)27(31)32/h18,20-21,23-27H,2,10-17H2,1,3-9H3/t18-,20-,21?,23?,24+,25?,26+,27?,30+,31?,32?/m1/s1. The SMILES string of the molecule is C=C1CCC23CC1C(C)(C)C2C(OC(C)=O)(C1C[C@@H](C)[C@]24CC[C@@H](C)[C@H](C2)C(C)(C)[C@H]14)CC3C. The van der Waals surface area contributed by atoms with Gasteiger partial charge in [0.1, 0.15) is 5.60 Å². The van der Waals surface area contributed by atoms with E-state index in [0.717, 1.165) is 24.2 Å². The van der Waals surface area contributed by atoms with Crippen molar-refractivity contribution < 1.29 is 9.53 Å². The van der Waals surface area contributed by atoms with Crippen molar-refractivity contribution in [3.63, 3.8) is 0 Å². The number of allylic oxidation sites excluding steroid dienone is 1. The monoisotopic (exact) mass is 466 g/mol. The lowest BCUT2D eigenvalue weighted by atomic mass is 9.57. The van der Waals surface area contributed by atoms with E-state index in [-0.39, 0.29) is 17.0 Å². The van der Waals surface area contributed by atoms with Crippen molar-refractivity contribution in [2.75, 3.05) is 0 Å². The number of hydrogen-bond donors (Lipinski definition) is 0. The molecule has 6 aliphatic carbocycles. The average Bonchev–Trinajstić information content (AvgIpc) is 3.30. The lowest BCUT2D eigenvalue weighted by molar-refractivity contribution is -0.188. The predicted molar refractivity (Wildman–Crippen MR) is 138 cm³/mol. The van der Waals surface area contributed by atoms with Crippen LogP contribution in [0.15, 0.2) is 12.2 Å². The Kier molecular flexibility index (Phi) is 4.68. The molecule has 0 saturated heterocycles. The third-order valence-corrected chi connectivity index (χ3v) is 14.0. The molecule has 6 fully saturated rings. The average molecular weight is 467 g/mol. The fraction of sp³-hybridized carbons (Fsp3) is 0.906. The molecule has 190 valence electrons. The molecular formula is C32H50O2. The Morgan fingerprint density at radius 1 is 0.912 bits per heavy atom. The smallest absolute Gasteiger partial charge is 0.303 e. The fourth-order valence-corrected chi connectivity index (χ4v) is 13.2. The minimum absolute atomic E-state index is 0.0407. The highest BCUT2D eigenvalue weighted by Gasteiger charge is 2.79. The van der Waals surface area contributed by atoms with Crippen molar-refractivity contribution in [3.05, 3.63) is 12.2 Å². The van der Waals surface area contributed by atoms with Gasteiger partial charge in [0.2, 0.25) is 0 Å². The van der Waals surface area contributed by atoms with Gasteiger partial charge in [-0.05, 0) is 109 Å². The van der Waals surface area contributed by atoms with Crippen LogP contribution in [0.1, 0.15) is 107 Å². The van der Waals surface area contributed by atoms with Crippen LogP contribution < -0.4 is 0 Å². The molecule has 6 saturated carbocycles. The number of rotatable bonds is 2. The first kappa shape index (κ1) is 23.6. The Hall–Kier alpha value is -0.790. The number of carbonyl (C=O) groups excluding carboxylic acids is 1. The van der Waals surface area contributed by atoms with Crippen molar-refractivity contribution in [2.24, 2.45) is 69.0 Å². The van der Waals surface area contributed by atoms with E-state index < -0.39 is 0 Å². The maximum absolute atomic E-state index is 13.0. The second-order valence-electron chi connectivity index (χ2n) is 15.7. The quantitative estimate of drug-likeness (QED) is 0.304. The molecule has 6 rings (SSSR count). The Bertz CT molecular complexity index is 929. The Morgan fingerprint density at radius 3 is 2.29 bits per heavy atom. The van der Waals surface area contributed by atoms with E-state index in [1.54, 1.807) is 6.92 Å². The van der Waals surface area contributed by atoms with Crippen LogP contribution in [0.4, 0.5) is 0 Å². The molecule has 0 aromatic heterocycles. The van der Waals surface area contributed by atoms with Gasteiger partial charge in [-0.25, -0.2) is 0 Å². The first-order valence-corrected chi connectivity index (χ1v) is 14.6. The maximum Gasteiger partial charge on any atom is 0.303 e. The van der Waals surface area contributed by atoms with Crippen molar-refractivity contribution in [2.45, 2.75) is 112 Å². The van der Waals surface area contributed by atoms with Crippen LogP contribution in [-0.2, 0) is 9.53 Å². The summed E-state index contributed by atoms with van der Waals surface area (Å²) in [4.78, 5) is 13.0. The summed E-state index contributed by atoms with van der Waals surface area (Å²) in [5, 5.41) is 0. The van der Waals surface area contributed by atoms with E-state index in [1.165, 1.54) is 50.5 Å². The number of ether oxygens (including phenoxy) is 1. The van der Waals surface area contributed by atoms with Gasteiger partial charge in [0.15, 0.2) is 0 Å². The summed E-state index contributed by atoms with van der Waals surface area (Å²) in [7, 11) is 0. The third-order valence-electron chi connectivity index (χ3n) is 14.0. The van der Waals surface area contributed by atoms with Gasteiger partial charge in [0.25, 0.3) is 0 Å². The second-order valence-corrected chi connectivity index (χ2v) is 15.7. The maximum atomic E-state index is 13.0. The summed E-state index contributed by atoms with van der Waals surface area (Å²) < 4.78 is 6.89. The van der Waals surface area contributed by atoms with E-state index in [9.17, 15) is 4.79 Å². The zero-order valence-electron chi connectivity index (χ0n) is 23.3. The fourth-order valence-electron chi connectivity index (χ4n) is 13.2. The summed E-state index contributed by atoms with van der Waals surface area (Å²) in [5.74, 6) is 5.14. The lowest BCUT2D eigenvalue weighted by Gasteiger charge is -2.52. The normalized spacial score (nSPS) is 56.3. The van der Waals surface area contributed by atoms with Crippen LogP contribution in [0.2, 0.25) is 0 Å². The van der Waals surface area contributed by atoms with Gasteiger partial charge in [-0.1, -0.05) is 60.6 Å². The Labute approximate surface area is 209 Å². The molecule has 6 aliphatic rings. The highest BCUT2D eigenvalue weighted by molar-refractivity contribution is 5.67. The molecule has 6 unspecified atom stereocenters. The van der Waals surface area contributed by atoms with Crippen LogP contribution in [0.25, 0.3) is 0 Å². The minimum atomic E-state index is -0.311. The molecule has 4 bridgehead atoms. The second kappa shape index (κ2) is 6.74. The van der Waals surface area contributed by atoms with Crippen LogP contribution in [-0.4, -0.2) is 11.6 Å². The van der Waals surface area contributed by atoms with Crippen molar-refractivity contribution >= 4 is 5.97 Å². The third kappa shape index (κ3) is 2.48. The lowest BCUT2D eigenvalue weighted by Crippen LogP contribution is -2.55. The number of carbonyl (C=O) groups is 1. The predicted octanol–water partition coefficient (Wildman–Crippen LogP) is 8.06. The molecule has 34 heavy (non-hydrogen) atoms. The molecule has 11 atom stereocenters. The van der Waals surface area contributed by atoms with Gasteiger partial charge in [-0.15, -0.1) is 0 Å². The van der Waals surface area contributed by atoms with E-state index in [1.807, 2.05) is 0 Å². The van der Waals surface area contributed by atoms with Gasteiger partial charge >= 0.3 is 5.97 Å². The van der Waals surface area contributed by atoms with Gasteiger partial charge in [0.05, 0.1) is 0 Å². The molecule has 0 aromatic carbocycles. The number of fused-ring (bicyclic) bond motifs is 2. The highest BCUT2D eigenvalue weighted by Crippen LogP contribution is 2.81. The molecule has 2 nitrogen and oxygen atoms in total. The van der Waals surface area contributed by atoms with Crippen LogP contribution in [0, 0.1) is 69.0 Å². The van der Waals surface area contributed by atoms with E-state index >= 15 is 0 Å². The summed E-state index contributed by atoms with van der Waals surface area (Å²) in [6.07, 6.45) is 10.2. The number of hydrogen-bond acceptors (Lipinski definition) is 2. The summed E-state index contributed by atoms with van der Waals surface area (Å²) in [5.41, 5.74) is 2.38. The first-order valence-electron chi connectivity index (χ1n) is 14.6. The summed E-state index contributed by atoms with van der Waals surface area (Å²) in [6, 6.07) is 0. The largest absolute Gasteiger partial charge is 0.459 e. The summed E-state index contributed by atoms with van der Waals surface area (Å²) in [6.45, 7) is 24.1. The van der Waals surface area contributed by atoms with E-state index in [2.05, 4.69) is 55.0 Å². The first-order chi connectivity index (χ1) is 15.7. The molecule has 2 heteroatoms. The molecule has 2 spiro atoms. The van der Waals surface area contributed by atoms with Crippen molar-refractivity contribution in [3.8, 4) is 0 Å². The van der Waals surface area contributed by atoms with Crippen molar-refractivity contribution in [1.82, 2.24) is 0 Å². The molecule has 0 aliphatic heterocycles. The molecule has 0 amide bonds. The number of esters is 1. The molecular weight excluding hydrogens is 416 g/mol. The van der Waals surface area contributed by atoms with Gasteiger partial charge in [-0.3, -0.25) is 4.79 Å². The van der Waals surface area contributed by atoms with E-state index in [0.29, 0.717) is 45.8 Å². The zero-order valence-corrected chi connectivity index (χ0v) is 23.3. The molecule has 0 N–H and O–H groups in total. The van der Waals surface area contributed by atoms with Crippen LogP contribution in [0.3, 0.4) is 0 Å². The van der Waals surface area contributed by atoms with Gasteiger partial charge < -0.3 is 4.74 Å². The molecule has 0 aromatic rings. The van der Waals surface area contributed by atoms with Gasteiger partial charge in [0, 0.05) is 18.8 Å². The topological polar surface area (TPSA) is 26.3 Å². The molecule has 0 heterocycles. The minimum Gasteiger partial charge on any atom is -0.459 e.